The standard InChI is InChI=1S/C38H70N4O8.C11H19NO4.C6H15NO3/c1-3-5-7-9-11-12-13-14-16-17-19-21-37(45)49-33-35(50-38(46)22-20-18-15-10-8-6-4-2)32-42-31-34(40-41-42)23-24-36(44)39-25-27-47-29-30-48-28-26-43;1-2-3-4-11(14)12-5-7-15-9-10-16-8-6-13;7-1-3-9-5-6-10-4-2-8/h31,35,43H,3-30,32-33H2,1-2H3,(H,39,44);1,13H,3-10H2,(H,12,14);8H,1-7H2. The molecule has 1 aromatic rings. The van der Waals surface area contributed by atoms with Crippen LogP contribution in [0.15, 0.2) is 6.20 Å². The lowest BCUT2D eigenvalue weighted by Gasteiger charge is -2.18. The van der Waals surface area contributed by atoms with Crippen LogP contribution < -0.4 is 16.4 Å². The molecule has 1 atom stereocenters. The molecule has 1 heterocycles. The summed E-state index contributed by atoms with van der Waals surface area (Å²) < 4.78 is 43.4. The number of nitrogens with zero attached hydrogens (tertiary/aromatic N) is 3. The molecule has 21 heteroatoms. The van der Waals surface area contributed by atoms with E-state index in [0.29, 0.717) is 130 Å². The van der Waals surface area contributed by atoms with E-state index in [1.54, 1.807) is 10.9 Å². The first-order valence-electron chi connectivity index (χ1n) is 28.4. The maximum absolute atomic E-state index is 12.7. The molecule has 1 aromatic heterocycles. The molecule has 1 rings (SSSR count). The summed E-state index contributed by atoms with van der Waals surface area (Å²) >= 11 is 0. The zero-order valence-corrected chi connectivity index (χ0v) is 47.0. The number of terminal acetylenes is 1. The van der Waals surface area contributed by atoms with Crippen molar-refractivity contribution in [3.63, 3.8) is 0 Å². The number of aromatic nitrogens is 3. The summed E-state index contributed by atoms with van der Waals surface area (Å²) in [7, 11) is 0. The Morgan fingerprint density at radius 3 is 1.45 bits per heavy atom. The van der Waals surface area contributed by atoms with E-state index in [1.807, 2.05) is 0 Å². The van der Waals surface area contributed by atoms with E-state index in [2.05, 4.69) is 40.7 Å². The number of amides is 2. The minimum atomic E-state index is -0.680. The predicted molar refractivity (Wildman–Crippen MR) is 292 cm³/mol. The van der Waals surface area contributed by atoms with Crippen molar-refractivity contribution < 1.29 is 72.4 Å². The van der Waals surface area contributed by atoms with Gasteiger partial charge in [0.05, 0.1) is 111 Å². The van der Waals surface area contributed by atoms with Gasteiger partial charge in [0, 0.05) is 64.4 Å². The smallest absolute Gasteiger partial charge is 0.306 e. The number of ether oxygens (including phenoxy) is 8. The molecule has 0 fully saturated rings. The molecular weight excluding hydrogens is 985 g/mol. The van der Waals surface area contributed by atoms with E-state index in [-0.39, 0.29) is 69.8 Å². The summed E-state index contributed by atoms with van der Waals surface area (Å²) in [5.74, 6) is 1.64. The predicted octanol–water partition coefficient (Wildman–Crippen LogP) is 5.16. The molecule has 0 saturated heterocycles. The molecule has 76 heavy (non-hydrogen) atoms. The third-order valence-corrected chi connectivity index (χ3v) is 11.0. The van der Waals surface area contributed by atoms with Crippen molar-refractivity contribution in [1.82, 2.24) is 25.6 Å². The topological polar surface area (TPSA) is 284 Å². The molecule has 21 nitrogen and oxygen atoms in total. The van der Waals surface area contributed by atoms with Crippen molar-refractivity contribution in [3.05, 3.63) is 11.9 Å². The number of nitrogens with one attached hydrogen (secondary N) is 2. The van der Waals surface area contributed by atoms with Gasteiger partial charge in [0.2, 0.25) is 11.8 Å². The van der Waals surface area contributed by atoms with Gasteiger partial charge in [-0.2, -0.15) is 0 Å². The number of aliphatic hydroxyl groups is 3. The third kappa shape index (κ3) is 57.9. The van der Waals surface area contributed by atoms with Crippen molar-refractivity contribution in [2.75, 3.05) is 125 Å². The third-order valence-electron chi connectivity index (χ3n) is 11.0. The maximum Gasteiger partial charge on any atom is 0.306 e. The van der Waals surface area contributed by atoms with Crippen LogP contribution in [0, 0.1) is 12.3 Å². The first kappa shape index (κ1) is 74.3. The van der Waals surface area contributed by atoms with Crippen molar-refractivity contribution in [2.45, 2.75) is 181 Å². The van der Waals surface area contributed by atoms with Crippen LogP contribution in [0.5, 0.6) is 0 Å². The number of rotatable bonds is 53. The number of aliphatic hydroxyl groups excluding tert-OH is 3. The second-order valence-corrected chi connectivity index (χ2v) is 17.9. The minimum absolute atomic E-state index is 0.0191. The highest BCUT2D eigenvalue weighted by Crippen LogP contribution is 2.14. The van der Waals surface area contributed by atoms with Gasteiger partial charge in [0.1, 0.15) is 6.61 Å². The quantitative estimate of drug-likeness (QED) is 0.0279. The van der Waals surface area contributed by atoms with Gasteiger partial charge in [-0.3, -0.25) is 19.2 Å². The van der Waals surface area contributed by atoms with Crippen molar-refractivity contribution in [3.8, 4) is 12.3 Å². The molecule has 0 saturated carbocycles. The van der Waals surface area contributed by atoms with Gasteiger partial charge in [-0.15, -0.1) is 17.4 Å². The van der Waals surface area contributed by atoms with E-state index in [4.69, 9.17) is 65.4 Å². The summed E-state index contributed by atoms with van der Waals surface area (Å²) in [6.07, 6.45) is 29.3. The van der Waals surface area contributed by atoms with Crippen LogP contribution in [0.1, 0.15) is 167 Å². The van der Waals surface area contributed by atoms with Gasteiger partial charge in [-0.1, -0.05) is 122 Å². The highest BCUT2D eigenvalue weighted by molar-refractivity contribution is 5.76. The van der Waals surface area contributed by atoms with E-state index in [9.17, 15) is 19.2 Å². The lowest BCUT2D eigenvalue weighted by atomic mass is 10.1. The van der Waals surface area contributed by atoms with E-state index in [0.717, 1.165) is 38.5 Å². The Kier molecular flexibility index (Phi) is 60.6. The van der Waals surface area contributed by atoms with Crippen LogP contribution in [0.4, 0.5) is 0 Å². The van der Waals surface area contributed by atoms with Crippen LogP contribution in [-0.2, 0) is 70.0 Å². The Bertz CT molecular complexity index is 1460. The van der Waals surface area contributed by atoms with Crippen LogP contribution in [-0.4, -0.2) is 186 Å². The van der Waals surface area contributed by atoms with Gasteiger partial charge in [0.15, 0.2) is 6.10 Å². The van der Waals surface area contributed by atoms with Gasteiger partial charge in [-0.25, -0.2) is 4.68 Å². The Hall–Kier alpha value is -3.82. The van der Waals surface area contributed by atoms with Crippen molar-refractivity contribution >= 4 is 23.8 Å². The Balaban J connectivity index is 0. The zero-order chi connectivity index (χ0) is 56.1. The van der Waals surface area contributed by atoms with Crippen molar-refractivity contribution in [1.29, 1.82) is 0 Å². The molecule has 0 spiro atoms. The van der Waals surface area contributed by atoms with E-state index < -0.39 is 6.10 Å². The molecule has 0 bridgehead atoms. The summed E-state index contributed by atoms with van der Waals surface area (Å²) in [6.45, 7) is 11.2. The molecule has 0 aliphatic carbocycles. The van der Waals surface area contributed by atoms with Crippen LogP contribution in [0.25, 0.3) is 0 Å². The number of unbranched alkanes of at least 4 members (excludes halogenated alkanes) is 16. The minimum Gasteiger partial charge on any atom is -0.462 e. The molecule has 7 N–H and O–H groups in total. The van der Waals surface area contributed by atoms with E-state index >= 15 is 0 Å². The number of hydrogen-bond donors (Lipinski definition) is 6. The highest BCUT2D eigenvalue weighted by Gasteiger charge is 2.19. The first-order valence-corrected chi connectivity index (χ1v) is 28.4. The fourth-order valence-corrected chi connectivity index (χ4v) is 6.91. The summed E-state index contributed by atoms with van der Waals surface area (Å²) in [5.41, 5.74) is 5.80. The van der Waals surface area contributed by atoms with Gasteiger partial charge < -0.3 is 69.6 Å². The number of hydrogen-bond acceptors (Lipinski definition) is 18. The Morgan fingerprint density at radius 2 is 1.00 bits per heavy atom. The fraction of sp³-hybridized carbons (Fsp3) is 0.855. The van der Waals surface area contributed by atoms with Crippen molar-refractivity contribution in [2.24, 2.45) is 5.73 Å². The summed E-state index contributed by atoms with van der Waals surface area (Å²) in [4.78, 5) is 48.5. The lowest BCUT2D eigenvalue weighted by Crippen LogP contribution is -2.30. The SMILES string of the molecule is C#CCCC(=O)NCCOCCOCCO.CCCCCCCCCCCCCC(=O)OCC(Cn1cc(CCC(=O)NCCOCCOCCO)nn1)OC(=O)CCCCCCCCC.NCCOCCOCCO. The van der Waals surface area contributed by atoms with Gasteiger partial charge >= 0.3 is 11.9 Å². The molecule has 0 aliphatic rings. The average molecular weight is 1090 g/mol. The number of aryl methyl sites for hydroxylation is 1. The molecule has 444 valence electrons. The van der Waals surface area contributed by atoms with Crippen LogP contribution in [0.3, 0.4) is 0 Å². The second-order valence-electron chi connectivity index (χ2n) is 17.9. The number of nitrogens with two attached hydrogens (primary N) is 1. The normalized spacial score (nSPS) is 11.2. The molecule has 0 aliphatic heterocycles. The van der Waals surface area contributed by atoms with Crippen LogP contribution in [0.2, 0.25) is 0 Å². The average Bonchev–Trinajstić information content (AvgIpc) is 3.87. The van der Waals surface area contributed by atoms with Gasteiger partial charge in [0.25, 0.3) is 0 Å². The zero-order valence-electron chi connectivity index (χ0n) is 47.0. The molecular formula is C55H104N6O15. The number of esters is 2. The molecule has 0 aromatic carbocycles. The largest absolute Gasteiger partial charge is 0.462 e. The number of carbonyl (C=O) groups is 4. The molecule has 1 unspecified atom stereocenters. The maximum atomic E-state index is 12.7. The first-order chi connectivity index (χ1) is 37.2. The molecule has 0 radical (unpaired) electrons. The summed E-state index contributed by atoms with van der Waals surface area (Å²) in [6, 6.07) is 0. The van der Waals surface area contributed by atoms with Gasteiger partial charge in [-0.05, 0) is 12.8 Å². The Labute approximate surface area is 456 Å². The highest BCUT2D eigenvalue weighted by atomic mass is 16.6. The fourth-order valence-electron chi connectivity index (χ4n) is 6.91. The summed E-state index contributed by atoms with van der Waals surface area (Å²) in [5, 5.41) is 39.2. The lowest BCUT2D eigenvalue weighted by molar-refractivity contribution is -0.160. The monoisotopic (exact) mass is 1090 g/mol. The number of carbonyl (C=O) groups excluding carboxylic acids is 4. The molecule has 2 amide bonds. The van der Waals surface area contributed by atoms with E-state index in [1.165, 1.54) is 77.0 Å². The van der Waals surface area contributed by atoms with Crippen LogP contribution >= 0.6 is 0 Å². The second kappa shape index (κ2) is 62.0. The Morgan fingerprint density at radius 1 is 0.579 bits per heavy atom.